The van der Waals surface area contributed by atoms with E-state index in [1.165, 1.54) is 35.1 Å². The average Bonchev–Trinajstić information content (AvgIpc) is 2.49. The van der Waals surface area contributed by atoms with Gasteiger partial charge in [-0.2, -0.15) is 0 Å². The van der Waals surface area contributed by atoms with Gasteiger partial charge in [0, 0.05) is 5.92 Å². The van der Waals surface area contributed by atoms with E-state index in [-0.39, 0.29) is 0 Å². The van der Waals surface area contributed by atoms with E-state index in [2.05, 4.69) is 83.2 Å². The lowest BCUT2D eigenvalue weighted by molar-refractivity contribution is 0.255. The van der Waals surface area contributed by atoms with Crippen molar-refractivity contribution in [3.8, 4) is 0 Å². The van der Waals surface area contributed by atoms with E-state index in [9.17, 15) is 0 Å². The summed E-state index contributed by atoms with van der Waals surface area (Å²) in [6.45, 7) is 11.6. The van der Waals surface area contributed by atoms with Gasteiger partial charge in [0.25, 0.3) is 0 Å². The van der Waals surface area contributed by atoms with Gasteiger partial charge in [-0.25, -0.2) is 0 Å². The zero-order valence-corrected chi connectivity index (χ0v) is 14.8. The zero-order valence-electron chi connectivity index (χ0n) is 14.8. The summed E-state index contributed by atoms with van der Waals surface area (Å²) in [7, 11) is 0. The Labute approximate surface area is 136 Å². The van der Waals surface area contributed by atoms with Crippen LogP contribution in [0.25, 0.3) is 0 Å². The topological polar surface area (TPSA) is 0 Å². The van der Waals surface area contributed by atoms with Crippen molar-refractivity contribution in [3.63, 3.8) is 0 Å². The standard InChI is InChI=1S/C22H30/c1-17(13-14-20-11-7-6-8-12-20)19(3)16-21-18(2)10-9-15-22(21,4)5/h6-8,10-13,16,21H,9,14-15H2,1-5H3/b17-13?,19-16+. The Kier molecular flexibility index (Phi) is 5.45. The number of hydrogen-bond donors (Lipinski definition) is 0. The van der Waals surface area contributed by atoms with E-state index in [1.807, 2.05) is 0 Å². The molecule has 2 rings (SSSR count). The molecule has 0 amide bonds. The first kappa shape index (κ1) is 16.8. The Balaban J connectivity index is 2.13. The normalized spacial score (nSPS) is 22.4. The van der Waals surface area contributed by atoms with Gasteiger partial charge in [-0.3, -0.25) is 0 Å². The van der Waals surface area contributed by atoms with Crippen molar-refractivity contribution in [1.82, 2.24) is 0 Å². The van der Waals surface area contributed by atoms with Gasteiger partial charge in [-0.15, -0.1) is 0 Å². The highest BCUT2D eigenvalue weighted by molar-refractivity contribution is 5.33. The van der Waals surface area contributed by atoms with Crippen LogP contribution in [0.5, 0.6) is 0 Å². The second-order valence-electron chi connectivity index (χ2n) is 7.38. The van der Waals surface area contributed by atoms with E-state index in [1.54, 1.807) is 0 Å². The number of rotatable bonds is 4. The monoisotopic (exact) mass is 294 g/mol. The smallest absolute Gasteiger partial charge is 0.00311 e. The summed E-state index contributed by atoms with van der Waals surface area (Å²) >= 11 is 0. The molecule has 0 saturated carbocycles. The Morgan fingerprint density at radius 3 is 2.45 bits per heavy atom. The highest BCUT2D eigenvalue weighted by atomic mass is 14.4. The molecule has 0 N–H and O–H groups in total. The van der Waals surface area contributed by atoms with E-state index >= 15 is 0 Å². The first-order valence-electron chi connectivity index (χ1n) is 8.46. The largest absolute Gasteiger partial charge is 0.0850 e. The van der Waals surface area contributed by atoms with Crippen LogP contribution in [0.2, 0.25) is 0 Å². The molecule has 0 nitrogen and oxygen atoms in total. The predicted molar refractivity (Wildman–Crippen MR) is 97.9 cm³/mol. The minimum atomic E-state index is 0.375. The molecule has 0 saturated heterocycles. The maximum atomic E-state index is 2.49. The Morgan fingerprint density at radius 1 is 1.14 bits per heavy atom. The second kappa shape index (κ2) is 7.13. The molecule has 0 spiro atoms. The SMILES string of the molecule is CC(=CCc1ccccc1)/C(C)=C/C1C(C)=CCCC1(C)C. The molecule has 0 aromatic heterocycles. The van der Waals surface area contributed by atoms with Gasteiger partial charge >= 0.3 is 0 Å². The van der Waals surface area contributed by atoms with Crippen LogP contribution in [0.1, 0.15) is 53.0 Å². The van der Waals surface area contributed by atoms with Crippen LogP contribution in [-0.2, 0) is 6.42 Å². The molecule has 0 radical (unpaired) electrons. The molecule has 0 bridgehead atoms. The Hall–Kier alpha value is -1.56. The lowest BCUT2D eigenvalue weighted by atomic mass is 9.68. The molecule has 0 heterocycles. The average molecular weight is 294 g/mol. The minimum Gasteiger partial charge on any atom is -0.0850 e. The maximum absolute atomic E-state index is 2.49. The molecule has 118 valence electrons. The van der Waals surface area contributed by atoms with Crippen molar-refractivity contribution in [3.05, 3.63) is 70.8 Å². The maximum Gasteiger partial charge on any atom is 0.00311 e. The third kappa shape index (κ3) is 4.22. The first-order chi connectivity index (χ1) is 10.4. The zero-order chi connectivity index (χ0) is 16.2. The van der Waals surface area contributed by atoms with Gasteiger partial charge in [-0.05, 0) is 51.0 Å². The minimum absolute atomic E-state index is 0.375. The van der Waals surface area contributed by atoms with Crippen molar-refractivity contribution >= 4 is 0 Å². The summed E-state index contributed by atoms with van der Waals surface area (Å²) in [6.07, 6.45) is 10.8. The summed E-state index contributed by atoms with van der Waals surface area (Å²) in [5.74, 6) is 0.571. The van der Waals surface area contributed by atoms with Crippen LogP contribution in [0.15, 0.2) is 65.3 Å². The molecule has 1 aromatic carbocycles. The molecular weight excluding hydrogens is 264 g/mol. The van der Waals surface area contributed by atoms with E-state index in [4.69, 9.17) is 0 Å². The highest BCUT2D eigenvalue weighted by Gasteiger charge is 2.31. The lowest BCUT2D eigenvalue weighted by Crippen LogP contribution is -2.26. The van der Waals surface area contributed by atoms with Crippen LogP contribution >= 0.6 is 0 Å². The number of allylic oxidation sites excluding steroid dienone is 6. The van der Waals surface area contributed by atoms with Gasteiger partial charge in [0.05, 0.1) is 0 Å². The summed E-state index contributed by atoms with van der Waals surface area (Å²) < 4.78 is 0. The van der Waals surface area contributed by atoms with Crippen LogP contribution in [-0.4, -0.2) is 0 Å². The van der Waals surface area contributed by atoms with Crippen LogP contribution in [0, 0.1) is 11.3 Å². The highest BCUT2D eigenvalue weighted by Crippen LogP contribution is 2.42. The molecule has 1 unspecified atom stereocenters. The fourth-order valence-corrected chi connectivity index (χ4v) is 3.36. The fourth-order valence-electron chi connectivity index (χ4n) is 3.36. The molecule has 0 fully saturated rings. The third-order valence-electron chi connectivity index (χ3n) is 5.11. The van der Waals surface area contributed by atoms with E-state index in [0.29, 0.717) is 11.3 Å². The summed E-state index contributed by atoms with van der Waals surface area (Å²) in [4.78, 5) is 0. The number of hydrogen-bond acceptors (Lipinski definition) is 0. The van der Waals surface area contributed by atoms with Crippen molar-refractivity contribution in [2.24, 2.45) is 11.3 Å². The predicted octanol–water partition coefficient (Wildman–Crippen LogP) is 6.50. The van der Waals surface area contributed by atoms with E-state index in [0.717, 1.165) is 6.42 Å². The molecule has 22 heavy (non-hydrogen) atoms. The molecule has 1 atom stereocenters. The van der Waals surface area contributed by atoms with Gasteiger partial charge < -0.3 is 0 Å². The van der Waals surface area contributed by atoms with Crippen molar-refractivity contribution in [1.29, 1.82) is 0 Å². The van der Waals surface area contributed by atoms with Crippen LogP contribution in [0.4, 0.5) is 0 Å². The van der Waals surface area contributed by atoms with Crippen molar-refractivity contribution < 1.29 is 0 Å². The molecule has 0 heteroatoms. The summed E-state index contributed by atoms with van der Waals surface area (Å²) in [5, 5.41) is 0. The first-order valence-corrected chi connectivity index (χ1v) is 8.46. The van der Waals surface area contributed by atoms with Crippen molar-refractivity contribution in [2.45, 2.75) is 53.9 Å². The Bertz CT molecular complexity index is 582. The molecule has 1 aromatic rings. The second-order valence-corrected chi connectivity index (χ2v) is 7.38. The third-order valence-corrected chi connectivity index (χ3v) is 5.11. The molecular formula is C22H30. The molecule has 1 aliphatic carbocycles. The Morgan fingerprint density at radius 2 is 1.82 bits per heavy atom. The van der Waals surface area contributed by atoms with Gasteiger partial charge in [0.1, 0.15) is 0 Å². The van der Waals surface area contributed by atoms with Crippen molar-refractivity contribution in [2.75, 3.05) is 0 Å². The van der Waals surface area contributed by atoms with Crippen LogP contribution < -0.4 is 0 Å². The van der Waals surface area contributed by atoms with E-state index < -0.39 is 0 Å². The fraction of sp³-hybridized carbons (Fsp3) is 0.455. The van der Waals surface area contributed by atoms with Gasteiger partial charge in [0.15, 0.2) is 0 Å². The number of benzene rings is 1. The summed E-state index contributed by atoms with van der Waals surface area (Å²) in [6, 6.07) is 10.7. The van der Waals surface area contributed by atoms with Gasteiger partial charge in [0.2, 0.25) is 0 Å². The molecule has 1 aliphatic rings. The summed E-state index contributed by atoms with van der Waals surface area (Å²) in [5.41, 5.74) is 6.11. The quantitative estimate of drug-likeness (QED) is 0.439. The molecule has 0 aliphatic heterocycles. The van der Waals surface area contributed by atoms with Gasteiger partial charge in [-0.1, -0.05) is 79.1 Å². The van der Waals surface area contributed by atoms with Crippen LogP contribution in [0.3, 0.4) is 0 Å². The lowest BCUT2D eigenvalue weighted by Gasteiger charge is -2.37.